The summed E-state index contributed by atoms with van der Waals surface area (Å²) >= 11 is 0. The monoisotopic (exact) mass is 313 g/mol. The van der Waals surface area contributed by atoms with Gasteiger partial charge in [0.15, 0.2) is 0 Å². The number of carbonyl (C=O) groups excluding carboxylic acids is 1. The quantitative estimate of drug-likeness (QED) is 0.822. The first-order valence-electron chi connectivity index (χ1n) is 7.88. The number of anilines is 2. The lowest BCUT2D eigenvalue weighted by atomic mass is 10.1. The van der Waals surface area contributed by atoms with Crippen LogP contribution in [-0.4, -0.2) is 51.6 Å². The van der Waals surface area contributed by atoms with Crippen LogP contribution in [0.2, 0.25) is 0 Å². The number of nitrogens with zero attached hydrogens (tertiary/aromatic N) is 5. The van der Waals surface area contributed by atoms with Crippen LogP contribution in [0.4, 0.5) is 11.6 Å². The van der Waals surface area contributed by atoms with E-state index >= 15 is 0 Å². The fraction of sp³-hybridized carbons (Fsp3) is 0.467. The maximum atomic E-state index is 12.3. The average Bonchev–Trinajstić information content (AvgIpc) is 3.18. The summed E-state index contributed by atoms with van der Waals surface area (Å²) in [4.78, 5) is 27.5. The fourth-order valence-corrected chi connectivity index (χ4v) is 3.05. The van der Waals surface area contributed by atoms with Gasteiger partial charge in [-0.3, -0.25) is 4.79 Å². The lowest BCUT2D eigenvalue weighted by Crippen LogP contribution is -2.44. The Bertz CT molecular complexity index is 670. The summed E-state index contributed by atoms with van der Waals surface area (Å²) in [6.45, 7) is 4.37. The number of imidazole rings is 1. The minimum absolute atomic E-state index is 0.00553. The number of fused-ring (bicyclic) bond motifs is 1. The predicted molar refractivity (Wildman–Crippen MR) is 85.2 cm³/mol. The van der Waals surface area contributed by atoms with E-state index in [1.54, 1.807) is 18.6 Å². The van der Waals surface area contributed by atoms with Crippen LogP contribution in [0.15, 0.2) is 24.8 Å². The Labute approximate surface area is 133 Å². The van der Waals surface area contributed by atoms with Gasteiger partial charge in [-0.05, 0) is 0 Å². The van der Waals surface area contributed by atoms with Crippen molar-refractivity contribution in [3.63, 3.8) is 0 Å². The number of aromatic nitrogens is 4. The van der Waals surface area contributed by atoms with Gasteiger partial charge in [-0.15, -0.1) is 0 Å². The van der Waals surface area contributed by atoms with Crippen LogP contribution in [0.1, 0.15) is 5.82 Å². The van der Waals surface area contributed by atoms with Crippen molar-refractivity contribution in [1.82, 2.24) is 24.8 Å². The topological polar surface area (TPSA) is 88.0 Å². The van der Waals surface area contributed by atoms with Crippen molar-refractivity contribution in [2.24, 2.45) is 5.92 Å². The molecule has 2 aliphatic heterocycles. The van der Waals surface area contributed by atoms with Gasteiger partial charge in [0.2, 0.25) is 11.9 Å². The van der Waals surface area contributed by atoms with Crippen LogP contribution in [0, 0.1) is 5.92 Å². The second kappa shape index (κ2) is 5.96. The number of rotatable bonds is 3. The molecule has 2 aliphatic rings. The normalized spacial score (nSPS) is 20.3. The number of nitrogens with one attached hydrogen (secondary N) is 2. The van der Waals surface area contributed by atoms with Gasteiger partial charge in [0, 0.05) is 51.5 Å². The molecule has 0 radical (unpaired) electrons. The van der Waals surface area contributed by atoms with E-state index in [1.807, 2.05) is 10.8 Å². The predicted octanol–water partition coefficient (Wildman–Crippen LogP) is -0.106. The molecular formula is C15H19N7O. The first-order chi connectivity index (χ1) is 11.3. The molecule has 1 fully saturated rings. The fourth-order valence-electron chi connectivity index (χ4n) is 3.05. The molecule has 0 bridgehead atoms. The largest absolute Gasteiger partial charge is 0.338 e. The minimum atomic E-state index is -0.0773. The lowest BCUT2D eigenvalue weighted by Gasteiger charge is -2.27. The van der Waals surface area contributed by atoms with Crippen molar-refractivity contribution >= 4 is 17.5 Å². The van der Waals surface area contributed by atoms with E-state index in [4.69, 9.17) is 0 Å². The molecule has 1 saturated heterocycles. The molecule has 2 aromatic rings. The molecule has 1 atom stereocenters. The van der Waals surface area contributed by atoms with Gasteiger partial charge in [0.25, 0.3) is 0 Å². The highest BCUT2D eigenvalue weighted by molar-refractivity contribution is 5.92. The van der Waals surface area contributed by atoms with Crippen molar-refractivity contribution in [1.29, 1.82) is 0 Å². The molecule has 1 amide bonds. The SMILES string of the molecule is O=C(Nc1cnc(N2CCNCC2)nc1)C1Cc2nccn2C1. The van der Waals surface area contributed by atoms with Crippen molar-refractivity contribution in [3.05, 3.63) is 30.6 Å². The van der Waals surface area contributed by atoms with Gasteiger partial charge in [0.05, 0.1) is 24.0 Å². The van der Waals surface area contributed by atoms with Crippen LogP contribution >= 0.6 is 0 Å². The molecule has 4 heterocycles. The lowest BCUT2D eigenvalue weighted by molar-refractivity contribution is -0.119. The Morgan fingerprint density at radius 2 is 2.00 bits per heavy atom. The first-order valence-corrected chi connectivity index (χ1v) is 7.88. The summed E-state index contributed by atoms with van der Waals surface area (Å²) in [5.41, 5.74) is 0.637. The number of amides is 1. The maximum absolute atomic E-state index is 12.3. The summed E-state index contributed by atoms with van der Waals surface area (Å²) in [6.07, 6.45) is 7.71. The van der Waals surface area contributed by atoms with Crippen molar-refractivity contribution < 1.29 is 4.79 Å². The third kappa shape index (κ3) is 2.89. The van der Waals surface area contributed by atoms with E-state index in [2.05, 4.69) is 30.5 Å². The molecule has 0 spiro atoms. The van der Waals surface area contributed by atoms with E-state index in [0.29, 0.717) is 24.6 Å². The maximum Gasteiger partial charge on any atom is 0.229 e. The highest BCUT2D eigenvalue weighted by Gasteiger charge is 2.28. The van der Waals surface area contributed by atoms with Gasteiger partial charge in [-0.1, -0.05) is 0 Å². The Morgan fingerprint density at radius 3 is 2.74 bits per heavy atom. The molecule has 0 aromatic carbocycles. The molecule has 2 N–H and O–H groups in total. The molecular weight excluding hydrogens is 294 g/mol. The summed E-state index contributed by atoms with van der Waals surface area (Å²) in [5, 5.41) is 6.20. The molecule has 120 valence electrons. The van der Waals surface area contributed by atoms with E-state index < -0.39 is 0 Å². The zero-order valence-corrected chi connectivity index (χ0v) is 12.8. The molecule has 8 nitrogen and oxygen atoms in total. The molecule has 2 aromatic heterocycles. The van der Waals surface area contributed by atoms with Crippen LogP contribution < -0.4 is 15.5 Å². The number of hydrogen-bond donors (Lipinski definition) is 2. The number of hydrogen-bond acceptors (Lipinski definition) is 6. The summed E-state index contributed by atoms with van der Waals surface area (Å²) in [5.74, 6) is 1.60. The zero-order chi connectivity index (χ0) is 15.6. The molecule has 8 heteroatoms. The molecule has 23 heavy (non-hydrogen) atoms. The highest BCUT2D eigenvalue weighted by atomic mass is 16.1. The van der Waals surface area contributed by atoms with Crippen LogP contribution in [-0.2, 0) is 17.8 Å². The van der Waals surface area contributed by atoms with Gasteiger partial charge >= 0.3 is 0 Å². The molecule has 4 rings (SSSR count). The van der Waals surface area contributed by atoms with Gasteiger partial charge < -0.3 is 20.1 Å². The van der Waals surface area contributed by atoms with E-state index in [9.17, 15) is 4.79 Å². The second-order valence-electron chi connectivity index (χ2n) is 5.89. The van der Waals surface area contributed by atoms with E-state index in [1.165, 1.54) is 0 Å². The molecule has 0 saturated carbocycles. The molecule has 1 unspecified atom stereocenters. The summed E-state index contributed by atoms with van der Waals surface area (Å²) in [6, 6.07) is 0. The van der Waals surface area contributed by atoms with Crippen LogP contribution in [0.3, 0.4) is 0 Å². The number of carbonyl (C=O) groups is 1. The Hall–Kier alpha value is -2.48. The second-order valence-corrected chi connectivity index (χ2v) is 5.89. The van der Waals surface area contributed by atoms with E-state index in [-0.39, 0.29) is 11.8 Å². The van der Waals surface area contributed by atoms with Crippen LogP contribution in [0.5, 0.6) is 0 Å². The van der Waals surface area contributed by atoms with Crippen molar-refractivity contribution in [2.75, 3.05) is 36.4 Å². The third-order valence-corrected chi connectivity index (χ3v) is 4.32. The van der Waals surface area contributed by atoms with E-state index in [0.717, 1.165) is 32.0 Å². The Balaban J connectivity index is 1.37. The summed E-state index contributed by atoms with van der Waals surface area (Å²) < 4.78 is 2.02. The third-order valence-electron chi connectivity index (χ3n) is 4.32. The average molecular weight is 313 g/mol. The standard InChI is InChI=1S/C15H19N7O/c23-14(11-7-13-17-3-6-22(13)10-11)20-12-8-18-15(19-9-12)21-4-1-16-2-5-21/h3,6,8-9,11,16H,1-2,4-5,7,10H2,(H,20,23). The minimum Gasteiger partial charge on any atom is -0.338 e. The first kappa shape index (κ1) is 14.1. The Kier molecular flexibility index (Phi) is 3.66. The zero-order valence-electron chi connectivity index (χ0n) is 12.8. The number of piperazine rings is 1. The highest BCUT2D eigenvalue weighted by Crippen LogP contribution is 2.20. The Morgan fingerprint density at radius 1 is 1.22 bits per heavy atom. The molecule has 0 aliphatic carbocycles. The summed E-state index contributed by atoms with van der Waals surface area (Å²) in [7, 11) is 0. The van der Waals surface area contributed by atoms with Gasteiger partial charge in [-0.2, -0.15) is 0 Å². The van der Waals surface area contributed by atoms with Crippen molar-refractivity contribution in [2.45, 2.75) is 13.0 Å². The smallest absolute Gasteiger partial charge is 0.229 e. The van der Waals surface area contributed by atoms with Gasteiger partial charge in [-0.25, -0.2) is 15.0 Å². The van der Waals surface area contributed by atoms with Crippen molar-refractivity contribution in [3.8, 4) is 0 Å². The van der Waals surface area contributed by atoms with Crippen LogP contribution in [0.25, 0.3) is 0 Å². The van der Waals surface area contributed by atoms with Gasteiger partial charge in [0.1, 0.15) is 5.82 Å².